The predicted molar refractivity (Wildman–Crippen MR) is 55.0 cm³/mol. The summed E-state index contributed by atoms with van der Waals surface area (Å²) in [5, 5.41) is 0. The highest BCUT2D eigenvalue weighted by molar-refractivity contribution is 14.1. The molecule has 0 aliphatic heterocycles. The average molecular weight is 362 g/mol. The molecule has 1 aromatic heterocycles. The molecule has 6 heteroatoms. The molecule has 0 bridgehead atoms. The molecule has 0 radical (unpaired) electrons. The van der Waals surface area contributed by atoms with Crippen molar-refractivity contribution in [1.29, 1.82) is 0 Å². The normalized spacial score (nSPS) is 10.5. The van der Waals surface area contributed by atoms with Crippen molar-refractivity contribution in [2.45, 2.75) is 6.43 Å². The van der Waals surface area contributed by atoms with E-state index in [9.17, 15) is 13.6 Å². The maximum Gasteiger partial charge on any atom is 0.266 e. The number of nitrogens with zero attached hydrogens (tertiary/aromatic N) is 1. The first kappa shape index (κ1) is 11.0. The lowest BCUT2D eigenvalue weighted by Crippen LogP contribution is -1.97. The molecule has 70 valence electrons. The topological polar surface area (TPSA) is 30.0 Å². The maximum atomic E-state index is 12.3. The second kappa shape index (κ2) is 4.41. The molecule has 2 nitrogen and oxygen atoms in total. The second-order valence-corrected chi connectivity index (χ2v) is 3.94. The summed E-state index contributed by atoms with van der Waals surface area (Å²) in [7, 11) is 0. The fraction of sp³-hybridized carbons (Fsp3) is 0.143. The van der Waals surface area contributed by atoms with Gasteiger partial charge in [0.2, 0.25) is 0 Å². The van der Waals surface area contributed by atoms with Gasteiger partial charge in [0.05, 0.1) is 5.56 Å². The smallest absolute Gasteiger partial charge is 0.266 e. The van der Waals surface area contributed by atoms with Crippen molar-refractivity contribution in [1.82, 2.24) is 4.98 Å². The third kappa shape index (κ3) is 2.43. The molecule has 13 heavy (non-hydrogen) atoms. The Balaban J connectivity index is 3.30. The number of hydrogen-bond acceptors (Lipinski definition) is 2. The number of carbonyl (C=O) groups excluding carboxylic acids is 1. The Morgan fingerprint density at radius 1 is 1.62 bits per heavy atom. The molecule has 0 amide bonds. The van der Waals surface area contributed by atoms with Gasteiger partial charge in [0, 0.05) is 5.56 Å². The van der Waals surface area contributed by atoms with Gasteiger partial charge in [0.25, 0.3) is 6.43 Å². The molecule has 0 saturated carbocycles. The fourth-order valence-corrected chi connectivity index (χ4v) is 2.09. The van der Waals surface area contributed by atoms with Crippen LogP contribution in [-0.2, 0) is 0 Å². The highest BCUT2D eigenvalue weighted by Crippen LogP contribution is 2.26. The maximum absolute atomic E-state index is 12.3. The first-order valence-electron chi connectivity index (χ1n) is 3.15. The first-order chi connectivity index (χ1) is 6.06. The molecule has 1 rings (SSSR count). The van der Waals surface area contributed by atoms with Crippen LogP contribution < -0.4 is 0 Å². The van der Waals surface area contributed by atoms with Crippen molar-refractivity contribution >= 4 is 44.8 Å². The number of carbonyl (C=O) groups is 1. The van der Waals surface area contributed by atoms with Gasteiger partial charge in [-0.05, 0) is 44.6 Å². The van der Waals surface area contributed by atoms with E-state index in [0.717, 1.165) is 6.07 Å². The molecule has 0 aromatic carbocycles. The van der Waals surface area contributed by atoms with Crippen molar-refractivity contribution < 1.29 is 13.6 Å². The first-order valence-corrected chi connectivity index (χ1v) is 5.02. The molecule has 1 heterocycles. The number of aldehydes is 1. The highest BCUT2D eigenvalue weighted by Gasteiger charge is 2.15. The van der Waals surface area contributed by atoms with Crippen molar-refractivity contribution in [3.63, 3.8) is 0 Å². The number of pyridine rings is 1. The number of halogens is 4. The standard InChI is InChI=1S/C7H3BrF2INO/c8-5-3(2-13)1-4(6(9)10)7(11)12-5/h1-2,6H. The number of aromatic nitrogens is 1. The van der Waals surface area contributed by atoms with Crippen molar-refractivity contribution in [3.05, 3.63) is 25.5 Å². The molecule has 1 aromatic rings. The van der Waals surface area contributed by atoms with Crippen LogP contribution in [0.3, 0.4) is 0 Å². The van der Waals surface area contributed by atoms with Gasteiger partial charge in [-0.3, -0.25) is 4.79 Å². The van der Waals surface area contributed by atoms with Crippen LogP contribution >= 0.6 is 38.5 Å². The van der Waals surface area contributed by atoms with Gasteiger partial charge in [-0.15, -0.1) is 0 Å². The van der Waals surface area contributed by atoms with Crippen LogP contribution in [0.4, 0.5) is 8.78 Å². The molecular weight excluding hydrogens is 359 g/mol. The summed E-state index contributed by atoms with van der Waals surface area (Å²) >= 11 is 4.70. The zero-order valence-corrected chi connectivity index (χ0v) is 9.84. The summed E-state index contributed by atoms with van der Waals surface area (Å²) < 4.78 is 25.1. The van der Waals surface area contributed by atoms with Crippen LogP contribution in [-0.4, -0.2) is 11.3 Å². The average Bonchev–Trinajstić information content (AvgIpc) is 2.03. The largest absolute Gasteiger partial charge is 0.298 e. The van der Waals surface area contributed by atoms with Crippen LogP contribution in [0.5, 0.6) is 0 Å². The highest BCUT2D eigenvalue weighted by atomic mass is 127. The van der Waals surface area contributed by atoms with Gasteiger partial charge in [0.1, 0.15) is 8.30 Å². The van der Waals surface area contributed by atoms with E-state index in [1.807, 2.05) is 0 Å². The van der Waals surface area contributed by atoms with E-state index < -0.39 is 6.43 Å². The predicted octanol–water partition coefficient (Wildman–Crippen LogP) is 3.20. The molecule has 0 aliphatic rings. The Kier molecular flexibility index (Phi) is 3.72. The second-order valence-electron chi connectivity index (χ2n) is 2.17. The SMILES string of the molecule is O=Cc1cc(C(F)F)c(I)nc1Br. The van der Waals surface area contributed by atoms with Gasteiger partial charge in [-0.1, -0.05) is 0 Å². The number of hydrogen-bond donors (Lipinski definition) is 0. The van der Waals surface area contributed by atoms with E-state index in [2.05, 4.69) is 20.9 Å². The van der Waals surface area contributed by atoms with Crippen molar-refractivity contribution in [3.8, 4) is 0 Å². The van der Waals surface area contributed by atoms with Gasteiger partial charge in [0.15, 0.2) is 6.29 Å². The zero-order chi connectivity index (χ0) is 10.0. The van der Waals surface area contributed by atoms with E-state index in [1.165, 1.54) is 0 Å². The summed E-state index contributed by atoms with van der Waals surface area (Å²) in [4.78, 5) is 14.2. The molecular formula is C7H3BrF2INO. The Morgan fingerprint density at radius 2 is 2.23 bits per heavy atom. The van der Waals surface area contributed by atoms with E-state index in [1.54, 1.807) is 22.6 Å². The lowest BCUT2D eigenvalue weighted by atomic mass is 10.2. The minimum atomic E-state index is -2.61. The van der Waals surface area contributed by atoms with Crippen molar-refractivity contribution in [2.24, 2.45) is 0 Å². The summed E-state index contributed by atoms with van der Waals surface area (Å²) in [5.74, 6) is 0. The molecule has 0 N–H and O–H groups in total. The van der Waals surface area contributed by atoms with Crippen LogP contribution in [0.25, 0.3) is 0 Å². The van der Waals surface area contributed by atoms with E-state index >= 15 is 0 Å². The number of alkyl halides is 2. The van der Waals surface area contributed by atoms with Gasteiger partial charge in [-0.2, -0.15) is 0 Å². The Bertz CT molecular complexity index is 346. The third-order valence-corrected chi connectivity index (χ3v) is 2.84. The van der Waals surface area contributed by atoms with Crippen LogP contribution in [0, 0.1) is 3.70 Å². The zero-order valence-electron chi connectivity index (χ0n) is 6.10. The van der Waals surface area contributed by atoms with Gasteiger partial charge < -0.3 is 0 Å². The summed E-state index contributed by atoms with van der Waals surface area (Å²) in [6.07, 6.45) is -2.12. The minimum absolute atomic E-state index is 0.135. The molecule has 0 fully saturated rings. The minimum Gasteiger partial charge on any atom is -0.298 e. The monoisotopic (exact) mass is 361 g/mol. The quantitative estimate of drug-likeness (QED) is 0.460. The Hall–Kier alpha value is -0.110. The molecule has 0 spiro atoms. The lowest BCUT2D eigenvalue weighted by molar-refractivity contribution is 0.112. The molecule has 0 atom stereocenters. The van der Waals surface area contributed by atoms with Crippen molar-refractivity contribution in [2.75, 3.05) is 0 Å². The lowest BCUT2D eigenvalue weighted by Gasteiger charge is -2.04. The fourth-order valence-electron chi connectivity index (χ4n) is 0.738. The Labute approximate surface area is 95.0 Å². The van der Waals surface area contributed by atoms with Crippen LogP contribution in [0.2, 0.25) is 0 Å². The third-order valence-electron chi connectivity index (χ3n) is 1.35. The summed E-state index contributed by atoms with van der Waals surface area (Å²) in [5.41, 5.74) is -0.0818. The summed E-state index contributed by atoms with van der Waals surface area (Å²) in [6, 6.07) is 1.14. The van der Waals surface area contributed by atoms with Crippen LogP contribution in [0.15, 0.2) is 10.7 Å². The van der Waals surface area contributed by atoms with E-state index in [4.69, 9.17) is 0 Å². The summed E-state index contributed by atoms with van der Waals surface area (Å²) in [6.45, 7) is 0. The molecule has 0 saturated heterocycles. The van der Waals surface area contributed by atoms with Gasteiger partial charge >= 0.3 is 0 Å². The number of rotatable bonds is 2. The van der Waals surface area contributed by atoms with E-state index in [-0.39, 0.29) is 19.4 Å². The van der Waals surface area contributed by atoms with Gasteiger partial charge in [-0.25, -0.2) is 13.8 Å². The molecule has 0 unspecified atom stereocenters. The Morgan fingerprint density at radius 3 is 2.69 bits per heavy atom. The molecule has 0 aliphatic carbocycles. The van der Waals surface area contributed by atoms with Crippen LogP contribution in [0.1, 0.15) is 22.3 Å². The van der Waals surface area contributed by atoms with E-state index in [0.29, 0.717) is 6.29 Å².